The Balaban J connectivity index is 0.990. The first-order valence-electron chi connectivity index (χ1n) is 25.6. The fourth-order valence-electron chi connectivity index (χ4n) is 11.3. The summed E-state index contributed by atoms with van der Waals surface area (Å²) in [6.45, 7) is 1.46. The topological polar surface area (TPSA) is 53.5 Å². The third kappa shape index (κ3) is 7.51. The van der Waals surface area contributed by atoms with Crippen molar-refractivity contribution in [2.75, 3.05) is 0 Å². The van der Waals surface area contributed by atoms with Gasteiger partial charge in [0.2, 0.25) is 0 Å². The molecule has 0 saturated carbocycles. The lowest BCUT2D eigenvalue weighted by Gasteiger charge is -2.17. The van der Waals surface area contributed by atoms with Gasteiger partial charge in [0.05, 0.1) is 39.0 Å². The third-order valence-corrected chi connectivity index (χ3v) is 14.8. The zero-order valence-corrected chi connectivity index (χ0v) is 41.5. The molecule has 7 heteroatoms. The Morgan fingerprint density at radius 2 is 0.842 bits per heavy atom. The van der Waals surface area contributed by atoms with Crippen molar-refractivity contribution in [2.45, 2.75) is 13.6 Å². The molecule has 0 atom stereocenters. The molecule has 0 aliphatic rings. The maximum atomic E-state index is 16.4. The quantitative estimate of drug-likeness (QED) is 0.137. The summed E-state index contributed by atoms with van der Waals surface area (Å²) in [4.78, 5) is 15.3. The highest BCUT2D eigenvalue weighted by Crippen LogP contribution is 2.42. The van der Waals surface area contributed by atoms with Gasteiger partial charge in [-0.2, -0.15) is 0 Å². The molecule has 4 heterocycles. The maximum Gasteiger partial charge on any atom is 0.164 e. The van der Waals surface area contributed by atoms with Crippen molar-refractivity contribution in [2.24, 2.45) is 0 Å². The van der Waals surface area contributed by atoms with E-state index in [4.69, 9.17) is 15.0 Å². The van der Waals surface area contributed by atoms with Crippen LogP contribution in [-0.2, 0) is 6.67 Å². The Labute approximate surface area is 438 Å². The summed E-state index contributed by atoms with van der Waals surface area (Å²) in [6.07, 6.45) is 2.16. The lowest BCUT2D eigenvalue weighted by Crippen LogP contribution is -2.02. The Hall–Kier alpha value is -9.98. The number of benzene rings is 10. The fourth-order valence-corrected chi connectivity index (χ4v) is 11.3. The van der Waals surface area contributed by atoms with Gasteiger partial charge in [0.25, 0.3) is 0 Å². The minimum absolute atomic E-state index is 0.550. The molecule has 0 saturated heterocycles. The van der Waals surface area contributed by atoms with Crippen LogP contribution in [0.3, 0.4) is 0 Å². The molecule has 0 fully saturated rings. The number of para-hydroxylation sites is 5. The zero-order chi connectivity index (χ0) is 50.7. The summed E-state index contributed by atoms with van der Waals surface area (Å²) in [5, 5.41) is 5.53. The number of aromatic nitrogens is 6. The first kappa shape index (κ1) is 44.7. The minimum atomic E-state index is -0.671. The van der Waals surface area contributed by atoms with Crippen LogP contribution in [0.5, 0.6) is 0 Å². The van der Waals surface area contributed by atoms with Crippen LogP contribution in [0.25, 0.3) is 129 Å². The van der Waals surface area contributed by atoms with Crippen LogP contribution in [-0.4, -0.2) is 28.7 Å². The second-order valence-electron chi connectivity index (χ2n) is 19.3. The van der Waals surface area contributed by atoms with Crippen LogP contribution in [0.2, 0.25) is 0 Å². The number of rotatable bonds is 10. The van der Waals surface area contributed by atoms with Crippen molar-refractivity contribution < 1.29 is 4.39 Å². The summed E-state index contributed by atoms with van der Waals surface area (Å²) in [5.41, 5.74) is 16.3. The van der Waals surface area contributed by atoms with Gasteiger partial charge >= 0.3 is 0 Å². The number of allylic oxidation sites excluding steroid dienone is 1. The Kier molecular flexibility index (Phi) is 10.9. The molecule has 6 nitrogen and oxygen atoms in total. The van der Waals surface area contributed by atoms with E-state index in [-0.39, 0.29) is 0 Å². The molecule has 0 bridgehead atoms. The number of nitrogens with zero attached hydrogens (tertiary/aromatic N) is 6. The molecule has 0 amide bonds. The van der Waals surface area contributed by atoms with Crippen molar-refractivity contribution in [3.05, 3.63) is 266 Å². The van der Waals surface area contributed by atoms with Gasteiger partial charge in [-0.05, 0) is 109 Å². The van der Waals surface area contributed by atoms with Gasteiger partial charge in [-0.3, -0.25) is 0 Å². The number of hydrogen-bond donors (Lipinski definition) is 0. The van der Waals surface area contributed by atoms with Crippen LogP contribution >= 0.6 is 0 Å². The molecule has 360 valence electrons. The van der Waals surface area contributed by atoms with Crippen LogP contribution < -0.4 is 0 Å². The zero-order valence-electron chi connectivity index (χ0n) is 41.5. The molecule has 4 aromatic heterocycles. The SMILES string of the molecule is C/C(=C\c1c(CF)c2cc(-c3cc(-c4nc(-c5ccccc5)nc(-c5ccccc5)n4)ccc3-n3c4ccccc4c4ccccc43)ccc2n1-c1ccccc1)c1ccc2c3ccccc3n(-c3ccccc3)c2c1. The van der Waals surface area contributed by atoms with E-state index < -0.39 is 6.67 Å². The van der Waals surface area contributed by atoms with Gasteiger partial charge in [0.15, 0.2) is 17.5 Å². The van der Waals surface area contributed by atoms with Crippen LogP contribution in [0.4, 0.5) is 4.39 Å². The van der Waals surface area contributed by atoms with Gasteiger partial charge in [-0.1, -0.05) is 170 Å². The van der Waals surface area contributed by atoms with E-state index in [0.717, 1.165) is 105 Å². The molecule has 76 heavy (non-hydrogen) atoms. The van der Waals surface area contributed by atoms with Gasteiger partial charge in [-0.25, -0.2) is 19.3 Å². The number of alkyl halides is 1. The molecule has 0 radical (unpaired) electrons. The summed E-state index contributed by atoms with van der Waals surface area (Å²) < 4.78 is 23.3. The highest BCUT2D eigenvalue weighted by molar-refractivity contribution is 6.11. The summed E-state index contributed by atoms with van der Waals surface area (Å²) in [5.74, 6) is 1.72. The van der Waals surface area contributed by atoms with Crippen molar-refractivity contribution in [3.63, 3.8) is 0 Å². The molecule has 14 aromatic rings. The Morgan fingerprint density at radius 3 is 1.41 bits per heavy atom. The lowest BCUT2D eigenvalue weighted by atomic mass is 9.97. The van der Waals surface area contributed by atoms with Crippen molar-refractivity contribution >= 4 is 66.2 Å². The first-order valence-corrected chi connectivity index (χ1v) is 25.6. The molecule has 0 aliphatic heterocycles. The second kappa shape index (κ2) is 18.5. The molecule has 0 N–H and O–H groups in total. The van der Waals surface area contributed by atoms with E-state index in [1.807, 2.05) is 78.9 Å². The van der Waals surface area contributed by atoms with Crippen molar-refractivity contribution in [1.29, 1.82) is 0 Å². The smallest absolute Gasteiger partial charge is 0.164 e. The average molecular weight is 979 g/mol. The van der Waals surface area contributed by atoms with Crippen molar-refractivity contribution in [1.82, 2.24) is 28.7 Å². The normalized spacial score (nSPS) is 11.9. The van der Waals surface area contributed by atoms with Crippen LogP contribution in [0.1, 0.15) is 23.7 Å². The predicted octanol–water partition coefficient (Wildman–Crippen LogP) is 17.7. The maximum absolute atomic E-state index is 16.4. The summed E-state index contributed by atoms with van der Waals surface area (Å²) in [7, 11) is 0. The molecule has 0 spiro atoms. The number of fused-ring (bicyclic) bond motifs is 7. The highest BCUT2D eigenvalue weighted by atomic mass is 19.1. The van der Waals surface area contributed by atoms with Crippen LogP contribution in [0.15, 0.2) is 249 Å². The van der Waals surface area contributed by atoms with E-state index in [1.165, 1.54) is 10.8 Å². The largest absolute Gasteiger partial charge is 0.309 e. The number of halogens is 1. The molecular formula is C69H47FN6. The van der Waals surface area contributed by atoms with E-state index in [0.29, 0.717) is 23.0 Å². The van der Waals surface area contributed by atoms with Crippen molar-refractivity contribution in [3.8, 4) is 62.4 Å². The molecular weight excluding hydrogens is 932 g/mol. The Morgan fingerprint density at radius 1 is 0.382 bits per heavy atom. The lowest BCUT2D eigenvalue weighted by molar-refractivity contribution is 0.487. The van der Waals surface area contributed by atoms with Crippen LogP contribution in [0, 0.1) is 0 Å². The minimum Gasteiger partial charge on any atom is -0.309 e. The fraction of sp³-hybridized carbons (Fsp3) is 0.0290. The van der Waals surface area contributed by atoms with Gasteiger partial charge in [-0.15, -0.1) is 0 Å². The first-order chi connectivity index (χ1) is 37.6. The van der Waals surface area contributed by atoms with E-state index in [2.05, 4.69) is 197 Å². The third-order valence-electron chi connectivity index (χ3n) is 14.8. The van der Waals surface area contributed by atoms with E-state index in [1.54, 1.807) is 0 Å². The molecule has 10 aromatic carbocycles. The second-order valence-corrected chi connectivity index (χ2v) is 19.3. The monoisotopic (exact) mass is 978 g/mol. The average Bonchev–Trinajstić information content (AvgIpc) is 4.13. The molecule has 14 rings (SSSR count). The summed E-state index contributed by atoms with van der Waals surface area (Å²) >= 11 is 0. The predicted molar refractivity (Wildman–Crippen MR) is 312 cm³/mol. The van der Waals surface area contributed by atoms with E-state index >= 15 is 4.39 Å². The Bertz CT molecular complexity index is 4440. The van der Waals surface area contributed by atoms with Gasteiger partial charge in [0, 0.05) is 66.1 Å². The van der Waals surface area contributed by atoms with E-state index in [9.17, 15) is 0 Å². The van der Waals surface area contributed by atoms with Gasteiger partial charge < -0.3 is 13.7 Å². The van der Waals surface area contributed by atoms with Gasteiger partial charge in [0.1, 0.15) is 6.67 Å². The molecule has 0 aliphatic carbocycles. The number of hydrogen-bond acceptors (Lipinski definition) is 3. The highest BCUT2D eigenvalue weighted by Gasteiger charge is 2.23. The summed E-state index contributed by atoms with van der Waals surface area (Å²) in [6, 6.07) is 86.3. The molecule has 0 unspecified atom stereocenters. The standard InChI is InChI=1S/C69H47FN6/c1-45(48-34-37-56-55-30-14-17-31-60(55)74(66(56)43-48)51-24-10-4-11-25-51)40-65-59(44-70)58-41-49(35-38-64(58)75(65)52-26-12-5-13-27-52)57-42-50(36-39-63(57)76-61-32-18-15-28-53(61)54-29-16-19-33-62(54)76)69-72-67(46-20-6-2-7-21-46)71-68(73-69)47-22-8-3-9-23-47/h2-43H,44H2,1H3/b45-40+.